The van der Waals surface area contributed by atoms with E-state index in [4.69, 9.17) is 4.74 Å². The predicted molar refractivity (Wildman–Crippen MR) is 105 cm³/mol. The van der Waals surface area contributed by atoms with Gasteiger partial charge in [-0.15, -0.1) is 0 Å². The van der Waals surface area contributed by atoms with Gasteiger partial charge in [-0.05, 0) is 61.9 Å². The lowest BCUT2D eigenvalue weighted by Gasteiger charge is -2.23. The first-order chi connectivity index (χ1) is 14.2. The molecule has 3 rings (SSSR count). The number of hydrogen-bond donors (Lipinski definition) is 1. The SMILES string of the molecule is CNS(=O)(=O)c1ccc(C(=O)N(Cc2ccc(OC(F)F)c(OC)c2)C2CC2)cc1. The second-order valence-electron chi connectivity index (χ2n) is 6.76. The van der Waals surface area contributed by atoms with Gasteiger partial charge >= 0.3 is 6.61 Å². The molecule has 1 fully saturated rings. The Morgan fingerprint density at radius 2 is 1.83 bits per heavy atom. The van der Waals surface area contributed by atoms with Crippen molar-refractivity contribution in [2.24, 2.45) is 0 Å². The first-order valence-corrected chi connectivity index (χ1v) is 10.7. The second kappa shape index (κ2) is 8.97. The van der Waals surface area contributed by atoms with E-state index in [1.807, 2.05) is 0 Å². The average molecular weight is 440 g/mol. The van der Waals surface area contributed by atoms with Crippen molar-refractivity contribution in [1.29, 1.82) is 0 Å². The van der Waals surface area contributed by atoms with Crippen molar-refractivity contribution in [2.45, 2.75) is 36.9 Å². The molecule has 0 aromatic heterocycles. The first kappa shape index (κ1) is 22.0. The van der Waals surface area contributed by atoms with E-state index in [0.29, 0.717) is 11.1 Å². The van der Waals surface area contributed by atoms with Crippen LogP contribution in [0.2, 0.25) is 0 Å². The van der Waals surface area contributed by atoms with Crippen LogP contribution in [-0.2, 0) is 16.6 Å². The molecule has 0 aliphatic heterocycles. The maximum Gasteiger partial charge on any atom is 0.387 e. The fourth-order valence-corrected chi connectivity index (χ4v) is 3.74. The van der Waals surface area contributed by atoms with Gasteiger partial charge in [0.15, 0.2) is 11.5 Å². The number of rotatable bonds is 9. The quantitative estimate of drug-likeness (QED) is 0.648. The van der Waals surface area contributed by atoms with Crippen LogP contribution < -0.4 is 14.2 Å². The van der Waals surface area contributed by atoms with E-state index in [-0.39, 0.29) is 34.9 Å². The van der Waals surface area contributed by atoms with E-state index in [9.17, 15) is 22.0 Å². The number of benzene rings is 2. The Morgan fingerprint density at radius 3 is 2.37 bits per heavy atom. The molecule has 10 heteroatoms. The zero-order chi connectivity index (χ0) is 21.9. The number of methoxy groups -OCH3 is 1. The average Bonchev–Trinajstić information content (AvgIpc) is 3.57. The Labute approximate surface area is 173 Å². The van der Waals surface area contributed by atoms with Crippen molar-refractivity contribution < 1.29 is 31.5 Å². The molecule has 30 heavy (non-hydrogen) atoms. The van der Waals surface area contributed by atoms with Crippen LogP contribution in [0.5, 0.6) is 11.5 Å². The second-order valence-corrected chi connectivity index (χ2v) is 8.65. The largest absolute Gasteiger partial charge is 0.493 e. The molecule has 0 radical (unpaired) electrons. The van der Waals surface area contributed by atoms with E-state index in [1.165, 1.54) is 44.5 Å². The summed E-state index contributed by atoms with van der Waals surface area (Å²) in [5.41, 5.74) is 1.06. The summed E-state index contributed by atoms with van der Waals surface area (Å²) < 4.78 is 60.5. The van der Waals surface area contributed by atoms with Gasteiger partial charge in [-0.3, -0.25) is 4.79 Å². The molecule has 0 heterocycles. The van der Waals surface area contributed by atoms with E-state index >= 15 is 0 Å². The number of amides is 1. The lowest BCUT2D eigenvalue weighted by molar-refractivity contribution is -0.0512. The molecule has 0 atom stereocenters. The molecule has 0 unspecified atom stereocenters. The Bertz CT molecular complexity index is 1010. The molecular weight excluding hydrogens is 418 g/mol. The summed E-state index contributed by atoms with van der Waals surface area (Å²) in [6.45, 7) is -2.71. The fraction of sp³-hybridized carbons (Fsp3) is 0.350. The van der Waals surface area contributed by atoms with E-state index in [2.05, 4.69) is 9.46 Å². The molecule has 1 saturated carbocycles. The Morgan fingerprint density at radius 1 is 1.17 bits per heavy atom. The summed E-state index contributed by atoms with van der Waals surface area (Å²) >= 11 is 0. The molecule has 0 bridgehead atoms. The Kier molecular flexibility index (Phi) is 6.57. The molecule has 1 aliphatic rings. The van der Waals surface area contributed by atoms with Gasteiger partial charge in [-0.1, -0.05) is 6.07 Å². The summed E-state index contributed by atoms with van der Waals surface area (Å²) in [7, 11) is -0.924. The number of sulfonamides is 1. The molecule has 162 valence electrons. The molecule has 0 spiro atoms. The molecule has 1 amide bonds. The molecule has 2 aromatic carbocycles. The highest BCUT2D eigenvalue weighted by molar-refractivity contribution is 7.89. The molecule has 2 aromatic rings. The number of nitrogens with one attached hydrogen (secondary N) is 1. The van der Waals surface area contributed by atoms with Gasteiger partial charge in [0.1, 0.15) is 0 Å². The number of ether oxygens (including phenoxy) is 2. The van der Waals surface area contributed by atoms with Crippen molar-refractivity contribution in [3.63, 3.8) is 0 Å². The van der Waals surface area contributed by atoms with Crippen molar-refractivity contribution in [3.8, 4) is 11.5 Å². The smallest absolute Gasteiger partial charge is 0.387 e. The highest BCUT2D eigenvalue weighted by atomic mass is 32.2. The predicted octanol–water partition coefficient (Wildman–Crippen LogP) is 3.01. The molecule has 7 nitrogen and oxygen atoms in total. The van der Waals surface area contributed by atoms with Crippen molar-refractivity contribution in [2.75, 3.05) is 14.2 Å². The van der Waals surface area contributed by atoms with Crippen LogP contribution in [0.15, 0.2) is 47.4 Å². The van der Waals surface area contributed by atoms with Crippen LogP contribution >= 0.6 is 0 Å². The summed E-state index contributed by atoms with van der Waals surface area (Å²) in [6.07, 6.45) is 1.73. The van der Waals surface area contributed by atoms with Gasteiger partial charge in [-0.25, -0.2) is 13.1 Å². The minimum atomic E-state index is -3.59. The van der Waals surface area contributed by atoms with Gasteiger partial charge in [0.25, 0.3) is 5.91 Å². The van der Waals surface area contributed by atoms with E-state index < -0.39 is 16.6 Å². The third kappa shape index (κ3) is 5.06. The lowest BCUT2D eigenvalue weighted by Crippen LogP contribution is -2.32. The van der Waals surface area contributed by atoms with Gasteiger partial charge < -0.3 is 14.4 Å². The van der Waals surface area contributed by atoms with Crippen molar-refractivity contribution >= 4 is 15.9 Å². The van der Waals surface area contributed by atoms with Gasteiger partial charge in [-0.2, -0.15) is 8.78 Å². The number of nitrogens with zero attached hydrogens (tertiary/aromatic N) is 1. The van der Waals surface area contributed by atoms with Crippen LogP contribution in [-0.4, -0.2) is 46.0 Å². The summed E-state index contributed by atoms with van der Waals surface area (Å²) in [4.78, 5) is 14.8. The van der Waals surface area contributed by atoms with Gasteiger partial charge in [0.2, 0.25) is 10.0 Å². The topological polar surface area (TPSA) is 84.9 Å². The highest BCUT2D eigenvalue weighted by Crippen LogP contribution is 2.33. The summed E-state index contributed by atoms with van der Waals surface area (Å²) in [5.74, 6) is -0.169. The van der Waals surface area contributed by atoms with Crippen LogP contribution in [0.3, 0.4) is 0 Å². The minimum absolute atomic E-state index is 0.0684. The van der Waals surface area contributed by atoms with Crippen molar-refractivity contribution in [3.05, 3.63) is 53.6 Å². The number of carbonyl (C=O) groups is 1. The minimum Gasteiger partial charge on any atom is -0.493 e. The van der Waals surface area contributed by atoms with E-state index in [1.54, 1.807) is 17.0 Å². The van der Waals surface area contributed by atoms with Crippen LogP contribution in [0.25, 0.3) is 0 Å². The highest BCUT2D eigenvalue weighted by Gasteiger charge is 2.33. The normalized spacial score (nSPS) is 13.9. The monoisotopic (exact) mass is 440 g/mol. The fourth-order valence-electron chi connectivity index (χ4n) is 3.01. The summed E-state index contributed by atoms with van der Waals surface area (Å²) in [6, 6.07) is 10.3. The molecular formula is C20H22F2N2O5S. The van der Waals surface area contributed by atoms with Crippen LogP contribution in [0, 0.1) is 0 Å². The molecule has 1 N–H and O–H groups in total. The number of alkyl halides is 2. The van der Waals surface area contributed by atoms with Gasteiger partial charge in [0, 0.05) is 18.2 Å². The first-order valence-electron chi connectivity index (χ1n) is 9.21. The van der Waals surface area contributed by atoms with Crippen LogP contribution in [0.1, 0.15) is 28.8 Å². The van der Waals surface area contributed by atoms with Crippen molar-refractivity contribution in [1.82, 2.24) is 9.62 Å². The molecule has 0 saturated heterocycles. The molecule has 1 aliphatic carbocycles. The van der Waals surface area contributed by atoms with E-state index in [0.717, 1.165) is 12.8 Å². The zero-order valence-corrected chi connectivity index (χ0v) is 17.3. The number of halogens is 2. The Hall–Kier alpha value is -2.72. The maximum atomic E-state index is 13.0. The van der Waals surface area contributed by atoms with Gasteiger partial charge in [0.05, 0.1) is 12.0 Å². The zero-order valence-electron chi connectivity index (χ0n) is 16.5. The standard InChI is InChI=1S/C20H22F2N2O5S/c1-23-30(26,27)16-8-4-14(5-9-16)19(25)24(15-6-7-15)12-13-3-10-17(29-20(21)22)18(11-13)28-2/h3-5,8-11,15,20,23H,6-7,12H2,1-2H3. The Balaban J connectivity index is 1.80. The third-order valence-corrected chi connectivity index (χ3v) is 6.16. The lowest BCUT2D eigenvalue weighted by atomic mass is 10.1. The van der Waals surface area contributed by atoms with Crippen LogP contribution in [0.4, 0.5) is 8.78 Å². The third-order valence-electron chi connectivity index (χ3n) is 4.73. The maximum absolute atomic E-state index is 13.0. The number of carbonyl (C=O) groups excluding carboxylic acids is 1. The number of hydrogen-bond acceptors (Lipinski definition) is 5. The summed E-state index contributed by atoms with van der Waals surface area (Å²) in [5, 5.41) is 0.